The van der Waals surface area contributed by atoms with Crippen LogP contribution in [-0.4, -0.2) is 30.8 Å². The van der Waals surface area contributed by atoms with Gasteiger partial charge in [-0.15, -0.1) is 0 Å². The van der Waals surface area contributed by atoms with E-state index in [1.807, 2.05) is 6.92 Å². The Morgan fingerprint density at radius 1 is 1.26 bits per heavy atom. The number of fused-ring (bicyclic) bond motifs is 1. The Hall–Kier alpha value is -2.54. The number of urea groups is 1. The number of hydrogen-bond acceptors (Lipinski definition) is 4. The first-order valence-electron chi connectivity index (χ1n) is 6.99. The molecule has 0 aliphatic rings. The van der Waals surface area contributed by atoms with Crippen molar-refractivity contribution in [1.82, 2.24) is 15.6 Å². The fraction of sp³-hybridized carbons (Fsp3) is 0.267. The van der Waals surface area contributed by atoms with Gasteiger partial charge in [0.1, 0.15) is 5.82 Å². The number of alkyl carbamates (subject to hydrolysis) is 1. The molecule has 7 nitrogen and oxygen atoms in total. The third-order valence-electron chi connectivity index (χ3n) is 3.13. The van der Waals surface area contributed by atoms with Crippen LogP contribution in [0.3, 0.4) is 0 Å². The Morgan fingerprint density at radius 2 is 2.04 bits per heavy atom. The van der Waals surface area contributed by atoms with Gasteiger partial charge in [-0.3, -0.25) is 5.32 Å². The maximum Gasteiger partial charge on any atom is 0.407 e. The molecule has 23 heavy (non-hydrogen) atoms. The van der Waals surface area contributed by atoms with Crippen LogP contribution in [0.25, 0.3) is 10.8 Å². The standard InChI is InChI=1S/C15H17ClN4O3/c1-3-17-14(21)20-13-6-10-11(8-18-13)9(4-5-12(10)16)7-19-15(22)23-2/h4-6,8H,3,7H2,1-2H3,(H,19,22)(H2,17,18,20,21). The highest BCUT2D eigenvalue weighted by Gasteiger charge is 2.09. The zero-order valence-electron chi connectivity index (χ0n) is 12.8. The molecule has 0 unspecified atom stereocenters. The maximum absolute atomic E-state index is 11.6. The number of halogens is 1. The number of carbonyl (C=O) groups excluding carboxylic acids is 2. The van der Waals surface area contributed by atoms with Crippen molar-refractivity contribution >= 4 is 40.3 Å². The second kappa shape index (κ2) is 7.64. The maximum atomic E-state index is 11.6. The van der Waals surface area contributed by atoms with Crippen molar-refractivity contribution in [2.45, 2.75) is 13.5 Å². The molecule has 3 N–H and O–H groups in total. The van der Waals surface area contributed by atoms with Crippen molar-refractivity contribution in [2.75, 3.05) is 19.0 Å². The van der Waals surface area contributed by atoms with E-state index in [0.717, 1.165) is 16.3 Å². The molecule has 0 spiro atoms. The quantitative estimate of drug-likeness (QED) is 0.800. The van der Waals surface area contributed by atoms with Gasteiger partial charge in [0.2, 0.25) is 0 Å². The summed E-state index contributed by atoms with van der Waals surface area (Å²) in [6.07, 6.45) is 1.09. The van der Waals surface area contributed by atoms with Crippen LogP contribution >= 0.6 is 11.6 Å². The summed E-state index contributed by atoms with van der Waals surface area (Å²) in [5, 5.41) is 9.92. The van der Waals surface area contributed by atoms with E-state index in [1.54, 1.807) is 24.4 Å². The lowest BCUT2D eigenvalue weighted by molar-refractivity contribution is 0.170. The molecule has 0 saturated heterocycles. The number of benzene rings is 1. The lowest BCUT2D eigenvalue weighted by Gasteiger charge is -2.11. The van der Waals surface area contributed by atoms with Crippen LogP contribution in [-0.2, 0) is 11.3 Å². The monoisotopic (exact) mass is 336 g/mol. The molecule has 0 bridgehead atoms. The molecule has 2 aromatic rings. The summed E-state index contributed by atoms with van der Waals surface area (Å²) in [6, 6.07) is 4.89. The average Bonchev–Trinajstić information content (AvgIpc) is 2.54. The normalized spacial score (nSPS) is 10.2. The predicted octanol–water partition coefficient (Wildman–Crippen LogP) is 2.89. The summed E-state index contributed by atoms with van der Waals surface area (Å²) in [5.74, 6) is 0.392. The lowest BCUT2D eigenvalue weighted by atomic mass is 10.1. The Bertz CT molecular complexity index is 736. The summed E-state index contributed by atoms with van der Waals surface area (Å²) in [5.41, 5.74) is 0.840. The van der Waals surface area contributed by atoms with Gasteiger partial charge in [0.15, 0.2) is 0 Å². The fourth-order valence-corrected chi connectivity index (χ4v) is 2.26. The van der Waals surface area contributed by atoms with Crippen molar-refractivity contribution in [1.29, 1.82) is 0 Å². The minimum absolute atomic E-state index is 0.283. The number of pyridine rings is 1. The van der Waals surface area contributed by atoms with Crippen molar-refractivity contribution in [3.8, 4) is 0 Å². The van der Waals surface area contributed by atoms with E-state index < -0.39 is 6.09 Å². The molecule has 2 rings (SSSR count). The number of nitrogens with one attached hydrogen (secondary N) is 3. The van der Waals surface area contributed by atoms with E-state index in [-0.39, 0.29) is 12.6 Å². The van der Waals surface area contributed by atoms with E-state index in [2.05, 4.69) is 25.7 Å². The van der Waals surface area contributed by atoms with Crippen LogP contribution in [0.4, 0.5) is 15.4 Å². The van der Waals surface area contributed by atoms with E-state index in [9.17, 15) is 9.59 Å². The second-order valence-electron chi connectivity index (χ2n) is 4.65. The number of ether oxygens (including phenoxy) is 1. The molecule has 1 heterocycles. The molecule has 3 amide bonds. The SMILES string of the molecule is CCNC(=O)Nc1cc2c(Cl)ccc(CNC(=O)OC)c2cn1. The van der Waals surface area contributed by atoms with E-state index >= 15 is 0 Å². The summed E-state index contributed by atoms with van der Waals surface area (Å²) in [6.45, 7) is 2.62. The average molecular weight is 337 g/mol. The Labute approximate surface area is 138 Å². The van der Waals surface area contributed by atoms with Crippen molar-refractivity contribution in [3.63, 3.8) is 0 Å². The van der Waals surface area contributed by atoms with Crippen LogP contribution < -0.4 is 16.0 Å². The van der Waals surface area contributed by atoms with Crippen LogP contribution in [0.5, 0.6) is 0 Å². The van der Waals surface area contributed by atoms with E-state index in [0.29, 0.717) is 17.4 Å². The van der Waals surface area contributed by atoms with Gasteiger partial charge in [0.25, 0.3) is 0 Å². The third-order valence-corrected chi connectivity index (χ3v) is 3.46. The van der Waals surface area contributed by atoms with Crippen LogP contribution in [0.15, 0.2) is 24.4 Å². The summed E-state index contributed by atoms with van der Waals surface area (Å²) in [4.78, 5) is 27.0. The summed E-state index contributed by atoms with van der Waals surface area (Å²) >= 11 is 6.22. The number of methoxy groups -OCH3 is 1. The van der Waals surface area contributed by atoms with Gasteiger partial charge >= 0.3 is 12.1 Å². The smallest absolute Gasteiger partial charge is 0.407 e. The molecule has 0 aliphatic carbocycles. The number of aromatic nitrogens is 1. The number of nitrogens with zero attached hydrogens (tertiary/aromatic N) is 1. The highest BCUT2D eigenvalue weighted by Crippen LogP contribution is 2.28. The molecule has 0 fully saturated rings. The first-order chi connectivity index (χ1) is 11.0. The first-order valence-corrected chi connectivity index (χ1v) is 7.36. The third kappa shape index (κ3) is 4.23. The van der Waals surface area contributed by atoms with Gasteiger partial charge in [0.05, 0.1) is 7.11 Å². The Balaban J connectivity index is 2.29. The zero-order chi connectivity index (χ0) is 16.8. The molecular formula is C15H17ClN4O3. The molecule has 0 radical (unpaired) electrons. The van der Waals surface area contributed by atoms with Gasteiger partial charge in [-0.25, -0.2) is 14.6 Å². The summed E-state index contributed by atoms with van der Waals surface area (Å²) < 4.78 is 4.55. The molecule has 0 aliphatic heterocycles. The number of rotatable bonds is 4. The van der Waals surface area contributed by atoms with Gasteiger partial charge in [-0.1, -0.05) is 17.7 Å². The zero-order valence-corrected chi connectivity index (χ0v) is 13.5. The second-order valence-corrected chi connectivity index (χ2v) is 5.06. The molecule has 8 heteroatoms. The fourth-order valence-electron chi connectivity index (χ4n) is 2.05. The van der Waals surface area contributed by atoms with Gasteiger partial charge < -0.3 is 15.4 Å². The largest absolute Gasteiger partial charge is 0.453 e. The Morgan fingerprint density at radius 3 is 2.74 bits per heavy atom. The molecule has 0 atom stereocenters. The molecule has 1 aromatic heterocycles. The molecular weight excluding hydrogens is 320 g/mol. The Kier molecular flexibility index (Phi) is 5.59. The minimum atomic E-state index is -0.518. The van der Waals surface area contributed by atoms with Crippen LogP contribution in [0.2, 0.25) is 5.02 Å². The minimum Gasteiger partial charge on any atom is -0.453 e. The van der Waals surface area contributed by atoms with Crippen LogP contribution in [0.1, 0.15) is 12.5 Å². The van der Waals surface area contributed by atoms with E-state index in [4.69, 9.17) is 11.6 Å². The van der Waals surface area contributed by atoms with Crippen molar-refractivity contribution in [3.05, 3.63) is 35.0 Å². The first kappa shape index (κ1) is 16.8. The van der Waals surface area contributed by atoms with Crippen LogP contribution in [0, 0.1) is 0 Å². The highest BCUT2D eigenvalue weighted by molar-refractivity contribution is 6.35. The lowest BCUT2D eigenvalue weighted by Crippen LogP contribution is -2.28. The van der Waals surface area contributed by atoms with Gasteiger partial charge in [-0.05, 0) is 24.6 Å². The highest BCUT2D eigenvalue weighted by atomic mass is 35.5. The van der Waals surface area contributed by atoms with Gasteiger partial charge in [0, 0.05) is 35.1 Å². The number of anilines is 1. The molecule has 122 valence electrons. The van der Waals surface area contributed by atoms with Crippen molar-refractivity contribution < 1.29 is 14.3 Å². The molecule has 1 aromatic carbocycles. The topological polar surface area (TPSA) is 92.4 Å². The summed E-state index contributed by atoms with van der Waals surface area (Å²) in [7, 11) is 1.30. The number of amides is 3. The predicted molar refractivity (Wildman–Crippen MR) is 88.7 cm³/mol. The number of carbonyl (C=O) groups is 2. The molecule has 0 saturated carbocycles. The number of hydrogen-bond donors (Lipinski definition) is 3. The van der Waals surface area contributed by atoms with Crippen molar-refractivity contribution in [2.24, 2.45) is 0 Å². The van der Waals surface area contributed by atoms with E-state index in [1.165, 1.54) is 7.11 Å². The van der Waals surface area contributed by atoms with Gasteiger partial charge in [-0.2, -0.15) is 0 Å².